The van der Waals surface area contributed by atoms with Gasteiger partial charge in [-0.25, -0.2) is 8.42 Å². The molecule has 0 N–H and O–H groups in total. The molecule has 1 aromatic carbocycles. The molecular formula is C16H24N2O3S. The Morgan fingerprint density at radius 2 is 1.86 bits per heavy atom. The monoisotopic (exact) mass is 324 g/mol. The molecule has 1 aromatic rings. The molecule has 22 heavy (non-hydrogen) atoms. The Morgan fingerprint density at radius 1 is 1.14 bits per heavy atom. The van der Waals surface area contributed by atoms with Gasteiger partial charge in [-0.1, -0.05) is 31.2 Å². The molecular weight excluding hydrogens is 300 g/mol. The number of benzene rings is 1. The summed E-state index contributed by atoms with van der Waals surface area (Å²) >= 11 is 0. The average molecular weight is 324 g/mol. The van der Waals surface area contributed by atoms with Crippen LogP contribution in [-0.4, -0.2) is 49.7 Å². The van der Waals surface area contributed by atoms with E-state index in [0.717, 1.165) is 11.1 Å². The third kappa shape index (κ3) is 4.08. The SMILES string of the molecule is CCC(=O)N1CCCN(S(=O)(=O)Cc2ccccc2C)CC1. The first-order valence-electron chi connectivity index (χ1n) is 7.74. The number of sulfonamides is 1. The van der Waals surface area contributed by atoms with Crippen LogP contribution in [0.25, 0.3) is 0 Å². The van der Waals surface area contributed by atoms with Crippen molar-refractivity contribution in [3.8, 4) is 0 Å². The van der Waals surface area contributed by atoms with Crippen LogP contribution in [0.15, 0.2) is 24.3 Å². The minimum absolute atomic E-state index is 0.0292. The van der Waals surface area contributed by atoms with Crippen LogP contribution in [0.3, 0.4) is 0 Å². The van der Waals surface area contributed by atoms with Gasteiger partial charge in [-0.2, -0.15) is 4.31 Å². The van der Waals surface area contributed by atoms with Crippen LogP contribution in [0.4, 0.5) is 0 Å². The van der Waals surface area contributed by atoms with E-state index >= 15 is 0 Å². The van der Waals surface area contributed by atoms with Gasteiger partial charge in [-0.15, -0.1) is 0 Å². The van der Waals surface area contributed by atoms with Gasteiger partial charge in [0.05, 0.1) is 5.75 Å². The minimum Gasteiger partial charge on any atom is -0.341 e. The smallest absolute Gasteiger partial charge is 0.222 e. The van der Waals surface area contributed by atoms with Crippen molar-refractivity contribution in [2.45, 2.75) is 32.4 Å². The van der Waals surface area contributed by atoms with Crippen molar-refractivity contribution < 1.29 is 13.2 Å². The van der Waals surface area contributed by atoms with Crippen LogP contribution in [0.5, 0.6) is 0 Å². The van der Waals surface area contributed by atoms with Gasteiger partial charge in [0.1, 0.15) is 0 Å². The van der Waals surface area contributed by atoms with E-state index in [1.165, 1.54) is 4.31 Å². The van der Waals surface area contributed by atoms with Crippen LogP contribution in [0.2, 0.25) is 0 Å². The van der Waals surface area contributed by atoms with E-state index in [1.807, 2.05) is 38.1 Å². The van der Waals surface area contributed by atoms with Crippen molar-refractivity contribution in [2.75, 3.05) is 26.2 Å². The van der Waals surface area contributed by atoms with E-state index in [2.05, 4.69) is 0 Å². The highest BCUT2D eigenvalue weighted by Crippen LogP contribution is 2.16. The number of carbonyl (C=O) groups is 1. The second kappa shape index (κ2) is 7.24. The molecule has 1 aliphatic heterocycles. The summed E-state index contributed by atoms with van der Waals surface area (Å²) in [5, 5.41) is 0. The molecule has 1 aliphatic rings. The van der Waals surface area contributed by atoms with Gasteiger partial charge >= 0.3 is 0 Å². The van der Waals surface area contributed by atoms with Gasteiger partial charge in [0, 0.05) is 32.6 Å². The number of hydrogen-bond acceptors (Lipinski definition) is 3. The van der Waals surface area contributed by atoms with E-state index < -0.39 is 10.0 Å². The summed E-state index contributed by atoms with van der Waals surface area (Å²) in [4.78, 5) is 13.5. The van der Waals surface area contributed by atoms with E-state index in [9.17, 15) is 13.2 Å². The zero-order valence-corrected chi connectivity index (χ0v) is 14.1. The van der Waals surface area contributed by atoms with Gasteiger partial charge in [0.25, 0.3) is 0 Å². The quantitative estimate of drug-likeness (QED) is 0.848. The van der Waals surface area contributed by atoms with E-state index in [0.29, 0.717) is 39.0 Å². The lowest BCUT2D eigenvalue weighted by molar-refractivity contribution is -0.130. The summed E-state index contributed by atoms with van der Waals surface area (Å²) < 4.78 is 26.8. The van der Waals surface area contributed by atoms with Crippen molar-refractivity contribution in [3.63, 3.8) is 0 Å². The normalized spacial score (nSPS) is 17.3. The van der Waals surface area contributed by atoms with Crippen molar-refractivity contribution in [2.24, 2.45) is 0 Å². The molecule has 0 atom stereocenters. The average Bonchev–Trinajstić information content (AvgIpc) is 2.75. The lowest BCUT2D eigenvalue weighted by Gasteiger charge is -2.22. The molecule has 1 heterocycles. The summed E-state index contributed by atoms with van der Waals surface area (Å²) in [5.41, 5.74) is 1.83. The molecule has 2 rings (SSSR count). The third-order valence-electron chi connectivity index (χ3n) is 4.10. The van der Waals surface area contributed by atoms with Gasteiger partial charge < -0.3 is 4.90 Å². The lowest BCUT2D eigenvalue weighted by Crippen LogP contribution is -2.37. The zero-order chi connectivity index (χ0) is 16.2. The highest BCUT2D eigenvalue weighted by molar-refractivity contribution is 7.88. The van der Waals surface area contributed by atoms with Gasteiger partial charge in [0.2, 0.25) is 15.9 Å². The molecule has 6 heteroatoms. The van der Waals surface area contributed by atoms with Gasteiger partial charge in [-0.3, -0.25) is 4.79 Å². The summed E-state index contributed by atoms with van der Waals surface area (Å²) in [6.07, 6.45) is 1.16. The summed E-state index contributed by atoms with van der Waals surface area (Å²) in [6, 6.07) is 7.56. The first kappa shape index (κ1) is 17.0. The van der Waals surface area contributed by atoms with Crippen LogP contribution in [0, 0.1) is 6.92 Å². The van der Waals surface area contributed by atoms with Crippen molar-refractivity contribution >= 4 is 15.9 Å². The molecule has 5 nitrogen and oxygen atoms in total. The Morgan fingerprint density at radius 3 is 2.55 bits per heavy atom. The van der Waals surface area contributed by atoms with Crippen molar-refractivity contribution in [1.29, 1.82) is 0 Å². The van der Waals surface area contributed by atoms with Gasteiger partial charge in [0.15, 0.2) is 0 Å². The highest BCUT2D eigenvalue weighted by atomic mass is 32.2. The number of hydrogen-bond donors (Lipinski definition) is 0. The van der Waals surface area contributed by atoms with Crippen molar-refractivity contribution in [1.82, 2.24) is 9.21 Å². The third-order valence-corrected chi connectivity index (χ3v) is 5.93. The highest BCUT2D eigenvalue weighted by Gasteiger charge is 2.26. The number of amides is 1. The zero-order valence-electron chi connectivity index (χ0n) is 13.3. The Bertz CT molecular complexity index is 628. The molecule has 0 aliphatic carbocycles. The summed E-state index contributed by atoms with van der Waals surface area (Å²) in [6.45, 7) is 5.76. The maximum absolute atomic E-state index is 12.6. The molecule has 0 saturated carbocycles. The standard InChI is InChI=1S/C16H24N2O3S/c1-3-16(19)17-9-6-10-18(12-11-17)22(20,21)13-15-8-5-4-7-14(15)2/h4-5,7-8H,3,6,9-13H2,1-2H3. The molecule has 0 bridgehead atoms. The van der Waals surface area contributed by atoms with Crippen LogP contribution >= 0.6 is 0 Å². The largest absolute Gasteiger partial charge is 0.341 e. The van der Waals surface area contributed by atoms with Crippen molar-refractivity contribution in [3.05, 3.63) is 35.4 Å². The van der Waals surface area contributed by atoms with E-state index in [4.69, 9.17) is 0 Å². The Kier molecular flexibility index (Phi) is 5.58. The molecule has 0 aromatic heterocycles. The predicted octanol–water partition coefficient (Wildman–Crippen LogP) is 1.77. The predicted molar refractivity (Wildman–Crippen MR) is 86.9 cm³/mol. The molecule has 0 unspecified atom stereocenters. The van der Waals surface area contributed by atoms with Crippen LogP contribution in [-0.2, 0) is 20.6 Å². The van der Waals surface area contributed by atoms with Crippen LogP contribution < -0.4 is 0 Å². The Balaban J connectivity index is 2.07. The summed E-state index contributed by atoms with van der Waals surface area (Å²) in [5.74, 6) is 0.125. The number of nitrogens with zero attached hydrogens (tertiary/aromatic N) is 2. The Labute approximate surface area is 133 Å². The first-order chi connectivity index (χ1) is 10.4. The molecule has 0 spiro atoms. The molecule has 1 amide bonds. The van der Waals surface area contributed by atoms with Gasteiger partial charge in [-0.05, 0) is 24.5 Å². The minimum atomic E-state index is -3.34. The second-order valence-corrected chi connectivity index (χ2v) is 7.64. The fraction of sp³-hybridized carbons (Fsp3) is 0.562. The van der Waals surface area contributed by atoms with E-state index in [-0.39, 0.29) is 11.7 Å². The Hall–Kier alpha value is -1.40. The fourth-order valence-corrected chi connectivity index (χ4v) is 4.37. The van der Waals surface area contributed by atoms with E-state index in [1.54, 1.807) is 4.90 Å². The molecule has 1 saturated heterocycles. The molecule has 0 radical (unpaired) electrons. The second-order valence-electron chi connectivity index (χ2n) is 5.67. The number of carbonyl (C=O) groups excluding carboxylic acids is 1. The fourth-order valence-electron chi connectivity index (χ4n) is 2.70. The summed E-state index contributed by atoms with van der Waals surface area (Å²) in [7, 11) is -3.34. The topological polar surface area (TPSA) is 57.7 Å². The van der Waals surface area contributed by atoms with Crippen LogP contribution in [0.1, 0.15) is 30.9 Å². The number of rotatable bonds is 4. The first-order valence-corrected chi connectivity index (χ1v) is 9.35. The molecule has 1 fully saturated rings. The number of aryl methyl sites for hydroxylation is 1. The maximum atomic E-state index is 12.6. The maximum Gasteiger partial charge on any atom is 0.222 e. The lowest BCUT2D eigenvalue weighted by atomic mass is 10.1. The molecule has 122 valence electrons.